The molecule has 120 valence electrons. The van der Waals surface area contributed by atoms with Crippen molar-refractivity contribution in [1.82, 2.24) is 5.32 Å². The molecular weight excluding hydrogens is 266 g/mol. The van der Waals surface area contributed by atoms with E-state index in [1.807, 2.05) is 0 Å². The average molecular weight is 295 g/mol. The first-order valence-corrected chi connectivity index (χ1v) is 8.74. The van der Waals surface area contributed by atoms with Crippen LogP contribution in [0.25, 0.3) is 0 Å². The van der Waals surface area contributed by atoms with Gasteiger partial charge in [-0.25, -0.2) is 0 Å². The molecule has 3 fully saturated rings. The van der Waals surface area contributed by atoms with Crippen LogP contribution in [0.1, 0.15) is 57.8 Å². The van der Waals surface area contributed by atoms with Gasteiger partial charge < -0.3 is 15.2 Å². The fourth-order valence-electron chi connectivity index (χ4n) is 4.44. The molecule has 3 aliphatic rings. The maximum Gasteiger partial charge on any atom is 0.223 e. The van der Waals surface area contributed by atoms with Crippen molar-refractivity contribution in [3.63, 3.8) is 0 Å². The lowest BCUT2D eigenvalue weighted by molar-refractivity contribution is -0.130. The van der Waals surface area contributed by atoms with Gasteiger partial charge in [-0.05, 0) is 31.1 Å². The molecule has 2 aliphatic carbocycles. The van der Waals surface area contributed by atoms with Gasteiger partial charge in [-0.1, -0.05) is 25.7 Å². The molecule has 3 atom stereocenters. The highest BCUT2D eigenvalue weighted by molar-refractivity contribution is 5.78. The van der Waals surface area contributed by atoms with Gasteiger partial charge >= 0.3 is 0 Å². The molecule has 4 heteroatoms. The molecule has 3 rings (SSSR count). The first-order chi connectivity index (χ1) is 10.2. The van der Waals surface area contributed by atoms with Gasteiger partial charge in [-0.3, -0.25) is 4.79 Å². The lowest BCUT2D eigenvalue weighted by atomic mass is 9.67. The number of rotatable bonds is 3. The molecule has 21 heavy (non-hydrogen) atoms. The molecule has 0 aromatic rings. The summed E-state index contributed by atoms with van der Waals surface area (Å²) in [5, 5.41) is 13.4. The minimum absolute atomic E-state index is 0.166. The number of nitrogens with one attached hydrogen (secondary N) is 1. The third-order valence-electron chi connectivity index (χ3n) is 5.93. The quantitative estimate of drug-likeness (QED) is 0.839. The second kappa shape index (κ2) is 6.66. The zero-order valence-corrected chi connectivity index (χ0v) is 13.0. The molecule has 0 bridgehead atoms. The molecule has 1 saturated heterocycles. The van der Waals surface area contributed by atoms with E-state index in [0.717, 1.165) is 24.7 Å². The Morgan fingerprint density at radius 3 is 2.57 bits per heavy atom. The van der Waals surface area contributed by atoms with Crippen molar-refractivity contribution in [1.29, 1.82) is 0 Å². The van der Waals surface area contributed by atoms with Crippen LogP contribution in [0.3, 0.4) is 0 Å². The highest BCUT2D eigenvalue weighted by Crippen LogP contribution is 2.42. The number of hydrogen-bond donors (Lipinski definition) is 2. The third kappa shape index (κ3) is 3.78. The topological polar surface area (TPSA) is 58.6 Å². The molecule has 4 nitrogen and oxygen atoms in total. The number of amides is 1. The van der Waals surface area contributed by atoms with E-state index in [1.54, 1.807) is 0 Å². The number of fused-ring (bicyclic) bond motifs is 1. The molecule has 1 aliphatic heterocycles. The minimum Gasteiger partial charge on any atom is -0.388 e. The van der Waals surface area contributed by atoms with Crippen molar-refractivity contribution in [2.75, 3.05) is 19.8 Å². The van der Waals surface area contributed by atoms with Crippen molar-refractivity contribution in [2.24, 2.45) is 17.8 Å². The fraction of sp³-hybridized carbons (Fsp3) is 0.941. The largest absolute Gasteiger partial charge is 0.388 e. The summed E-state index contributed by atoms with van der Waals surface area (Å²) < 4.78 is 5.27. The number of carbonyl (C=O) groups excluding carboxylic acids is 1. The van der Waals surface area contributed by atoms with Crippen LogP contribution < -0.4 is 5.32 Å². The van der Waals surface area contributed by atoms with Gasteiger partial charge in [0.05, 0.1) is 5.60 Å². The van der Waals surface area contributed by atoms with Crippen molar-refractivity contribution < 1.29 is 14.6 Å². The van der Waals surface area contributed by atoms with Gasteiger partial charge in [-0.2, -0.15) is 0 Å². The molecule has 1 amide bonds. The summed E-state index contributed by atoms with van der Waals surface area (Å²) >= 11 is 0. The number of hydrogen-bond acceptors (Lipinski definition) is 3. The van der Waals surface area contributed by atoms with E-state index < -0.39 is 5.60 Å². The van der Waals surface area contributed by atoms with Crippen LogP contribution in [0.2, 0.25) is 0 Å². The van der Waals surface area contributed by atoms with Crippen LogP contribution in [0, 0.1) is 17.8 Å². The van der Waals surface area contributed by atoms with Crippen molar-refractivity contribution in [3.05, 3.63) is 0 Å². The summed E-state index contributed by atoms with van der Waals surface area (Å²) in [6, 6.07) is 0. The maximum atomic E-state index is 12.4. The molecule has 2 saturated carbocycles. The summed E-state index contributed by atoms with van der Waals surface area (Å²) in [6.07, 6.45) is 10.00. The fourth-order valence-corrected chi connectivity index (χ4v) is 4.44. The van der Waals surface area contributed by atoms with E-state index in [4.69, 9.17) is 4.74 Å². The third-order valence-corrected chi connectivity index (χ3v) is 5.93. The standard InChI is InChI=1S/C17H29NO3/c19-16(18-12-17(20)7-9-21-10-8-17)15-6-5-13-3-1-2-4-14(13)11-15/h13-15,20H,1-12H2,(H,18,19). The molecule has 1 heterocycles. The smallest absolute Gasteiger partial charge is 0.223 e. The highest BCUT2D eigenvalue weighted by Gasteiger charge is 2.36. The van der Waals surface area contributed by atoms with E-state index in [1.165, 1.54) is 32.1 Å². The van der Waals surface area contributed by atoms with Crippen LogP contribution in [-0.4, -0.2) is 36.4 Å². The average Bonchev–Trinajstić information content (AvgIpc) is 2.53. The van der Waals surface area contributed by atoms with Crippen molar-refractivity contribution in [2.45, 2.75) is 63.4 Å². The lowest BCUT2D eigenvalue weighted by Gasteiger charge is -2.39. The molecule has 0 aromatic carbocycles. The predicted molar refractivity (Wildman–Crippen MR) is 80.8 cm³/mol. The number of carbonyl (C=O) groups is 1. The molecule has 0 aromatic heterocycles. The van der Waals surface area contributed by atoms with E-state index >= 15 is 0 Å². The predicted octanol–water partition coefficient (Wildman–Crippen LogP) is 2.25. The van der Waals surface area contributed by atoms with Crippen LogP contribution in [0.4, 0.5) is 0 Å². The molecule has 2 N–H and O–H groups in total. The first-order valence-electron chi connectivity index (χ1n) is 8.74. The highest BCUT2D eigenvalue weighted by atomic mass is 16.5. The Bertz CT molecular complexity index is 365. The Kier molecular flexibility index (Phi) is 4.85. The van der Waals surface area contributed by atoms with E-state index in [9.17, 15) is 9.90 Å². The van der Waals surface area contributed by atoms with Gasteiger partial charge in [0.2, 0.25) is 5.91 Å². The number of ether oxygens (including phenoxy) is 1. The Morgan fingerprint density at radius 1 is 1.10 bits per heavy atom. The summed E-state index contributed by atoms with van der Waals surface area (Å²) in [5.74, 6) is 1.99. The van der Waals surface area contributed by atoms with Gasteiger partial charge in [0, 0.05) is 38.5 Å². The van der Waals surface area contributed by atoms with E-state index in [0.29, 0.717) is 32.6 Å². The van der Waals surface area contributed by atoms with E-state index in [2.05, 4.69) is 5.32 Å². The van der Waals surface area contributed by atoms with Gasteiger partial charge in [0.15, 0.2) is 0 Å². The van der Waals surface area contributed by atoms with Crippen LogP contribution in [0.5, 0.6) is 0 Å². The minimum atomic E-state index is -0.754. The SMILES string of the molecule is O=C(NCC1(O)CCOCC1)C1CCC2CCCCC2C1. The maximum absolute atomic E-state index is 12.4. The van der Waals surface area contributed by atoms with Gasteiger partial charge in [0.25, 0.3) is 0 Å². The first kappa shape index (κ1) is 15.3. The Balaban J connectivity index is 1.47. The lowest BCUT2D eigenvalue weighted by Crippen LogP contribution is -2.48. The van der Waals surface area contributed by atoms with Crippen molar-refractivity contribution in [3.8, 4) is 0 Å². The van der Waals surface area contributed by atoms with E-state index in [-0.39, 0.29) is 11.8 Å². The monoisotopic (exact) mass is 295 g/mol. The summed E-state index contributed by atoms with van der Waals surface area (Å²) in [7, 11) is 0. The van der Waals surface area contributed by atoms with Crippen LogP contribution in [0.15, 0.2) is 0 Å². The molecule has 0 spiro atoms. The molecule has 3 unspecified atom stereocenters. The molecular formula is C17H29NO3. The number of aliphatic hydroxyl groups is 1. The van der Waals surface area contributed by atoms with Gasteiger partial charge in [0.1, 0.15) is 0 Å². The van der Waals surface area contributed by atoms with Crippen LogP contribution in [-0.2, 0) is 9.53 Å². The zero-order chi connectivity index (χ0) is 14.7. The second-order valence-corrected chi connectivity index (χ2v) is 7.37. The van der Waals surface area contributed by atoms with Crippen LogP contribution >= 0.6 is 0 Å². The normalized spacial score (nSPS) is 35.8. The van der Waals surface area contributed by atoms with Crippen molar-refractivity contribution >= 4 is 5.91 Å². The zero-order valence-electron chi connectivity index (χ0n) is 13.0. The Labute approximate surface area is 127 Å². The Morgan fingerprint density at radius 2 is 1.81 bits per heavy atom. The summed E-state index contributed by atoms with van der Waals surface area (Å²) in [6.45, 7) is 1.58. The van der Waals surface area contributed by atoms with Gasteiger partial charge in [-0.15, -0.1) is 0 Å². The Hall–Kier alpha value is -0.610. The second-order valence-electron chi connectivity index (χ2n) is 7.37. The summed E-state index contributed by atoms with van der Waals surface area (Å²) in [4.78, 5) is 12.4. The summed E-state index contributed by atoms with van der Waals surface area (Å²) in [5.41, 5.74) is -0.754. The molecule has 0 radical (unpaired) electrons.